The molecule has 0 spiro atoms. The maximum atomic E-state index is 12.6. The molecule has 15 heavy (non-hydrogen) atoms. The van der Waals surface area contributed by atoms with Gasteiger partial charge in [0.1, 0.15) is 8.60 Å². The van der Waals surface area contributed by atoms with Crippen LogP contribution in [0.5, 0.6) is 0 Å². The number of rotatable bonds is 2. The van der Waals surface area contributed by atoms with Crippen molar-refractivity contribution in [3.8, 4) is 0 Å². The van der Waals surface area contributed by atoms with Gasteiger partial charge in [-0.1, -0.05) is 0 Å². The van der Waals surface area contributed by atoms with Crippen molar-refractivity contribution in [2.45, 2.75) is 18.2 Å². The Balaban J connectivity index is 3.62. The summed E-state index contributed by atoms with van der Waals surface area (Å²) >= 11 is 1.57. The molecule has 1 aromatic rings. The Morgan fingerprint density at radius 3 is 2.47 bits per heavy atom. The third kappa shape index (κ3) is 2.82. The number of hydrogen-bond donors (Lipinski definition) is 1. The van der Waals surface area contributed by atoms with Crippen LogP contribution in [0.4, 0.5) is 8.78 Å². The van der Waals surface area contributed by atoms with Crippen molar-refractivity contribution in [3.05, 3.63) is 21.0 Å². The van der Waals surface area contributed by atoms with Crippen LogP contribution in [0.15, 0.2) is 11.0 Å². The molecule has 0 aliphatic rings. The number of aromatic nitrogens is 1. The van der Waals surface area contributed by atoms with Crippen LogP contribution in [0.1, 0.15) is 17.7 Å². The summed E-state index contributed by atoms with van der Waals surface area (Å²) in [5.74, 6) is 0. The highest BCUT2D eigenvalue weighted by Gasteiger charge is 2.24. The number of primary sulfonamides is 1. The average Bonchev–Trinajstić information content (AvgIpc) is 1.99. The minimum absolute atomic E-state index is 0.0367. The van der Waals surface area contributed by atoms with E-state index in [9.17, 15) is 17.2 Å². The minimum atomic E-state index is -4.18. The fourth-order valence-corrected chi connectivity index (χ4v) is 3.46. The molecule has 2 N–H and O–H groups in total. The van der Waals surface area contributed by atoms with Crippen molar-refractivity contribution >= 4 is 32.6 Å². The zero-order chi connectivity index (χ0) is 11.8. The number of pyridine rings is 1. The number of sulfonamides is 1. The largest absolute Gasteiger partial charge is 0.265 e. The van der Waals surface area contributed by atoms with Crippen molar-refractivity contribution in [2.24, 2.45) is 5.14 Å². The van der Waals surface area contributed by atoms with E-state index >= 15 is 0 Å². The topological polar surface area (TPSA) is 73.1 Å². The highest BCUT2D eigenvalue weighted by Crippen LogP contribution is 2.29. The van der Waals surface area contributed by atoms with Crippen LogP contribution in [0.2, 0.25) is 0 Å². The minimum Gasteiger partial charge on any atom is -0.246 e. The van der Waals surface area contributed by atoms with Gasteiger partial charge in [-0.25, -0.2) is 27.3 Å². The molecule has 0 atom stereocenters. The third-order valence-corrected chi connectivity index (χ3v) is 3.75. The van der Waals surface area contributed by atoms with E-state index in [0.717, 1.165) is 6.07 Å². The molecule has 8 heteroatoms. The summed E-state index contributed by atoms with van der Waals surface area (Å²) in [5, 5.41) is 4.84. The monoisotopic (exact) mass is 348 g/mol. The summed E-state index contributed by atoms with van der Waals surface area (Å²) in [6.45, 7) is 1.50. The molecule has 0 aromatic carbocycles. The van der Waals surface area contributed by atoms with E-state index in [1.165, 1.54) is 6.92 Å². The zero-order valence-electron chi connectivity index (χ0n) is 7.54. The fourth-order valence-electron chi connectivity index (χ4n) is 1.09. The molecule has 1 aromatic heterocycles. The SMILES string of the molecule is Cc1cc(C(F)F)c(S(N)(=O)=O)c(I)n1. The van der Waals surface area contributed by atoms with Gasteiger partial charge in [-0.15, -0.1) is 0 Å². The first-order valence-corrected chi connectivity index (χ1v) is 6.34. The molecule has 1 heterocycles. The maximum absolute atomic E-state index is 12.6. The standard InChI is InChI=1S/C7H7F2IN2O2S/c1-3-2-4(6(8)9)5(7(10)12-3)15(11,13)14/h2,6H,1H3,(H2,11,13,14). The van der Waals surface area contributed by atoms with E-state index in [4.69, 9.17) is 5.14 Å². The fraction of sp³-hybridized carbons (Fsp3) is 0.286. The third-order valence-electron chi connectivity index (χ3n) is 1.61. The zero-order valence-corrected chi connectivity index (χ0v) is 10.5. The predicted octanol–water partition coefficient (Wildman–Crippen LogP) is 1.58. The smallest absolute Gasteiger partial charge is 0.246 e. The molecule has 84 valence electrons. The number of hydrogen-bond acceptors (Lipinski definition) is 3. The maximum Gasteiger partial charge on any atom is 0.265 e. The van der Waals surface area contributed by atoms with Gasteiger partial charge in [-0.3, -0.25) is 0 Å². The summed E-state index contributed by atoms with van der Waals surface area (Å²) in [6, 6.07) is 1.02. The van der Waals surface area contributed by atoms with Crippen molar-refractivity contribution in [3.63, 3.8) is 0 Å². The van der Waals surface area contributed by atoms with E-state index < -0.39 is 26.9 Å². The van der Waals surface area contributed by atoms with E-state index in [2.05, 4.69) is 4.98 Å². The highest BCUT2D eigenvalue weighted by molar-refractivity contribution is 14.1. The second-order valence-electron chi connectivity index (χ2n) is 2.82. The second-order valence-corrected chi connectivity index (χ2v) is 5.34. The lowest BCUT2D eigenvalue weighted by Crippen LogP contribution is -2.17. The molecule has 0 bridgehead atoms. The van der Waals surface area contributed by atoms with Gasteiger partial charge in [0.2, 0.25) is 10.0 Å². The van der Waals surface area contributed by atoms with Gasteiger partial charge >= 0.3 is 0 Å². The van der Waals surface area contributed by atoms with Crippen LogP contribution in [0.3, 0.4) is 0 Å². The molecular weight excluding hydrogens is 341 g/mol. The molecular formula is C7H7F2IN2O2S. The number of aryl methyl sites for hydroxylation is 1. The molecule has 0 aliphatic heterocycles. The summed E-state index contributed by atoms with van der Waals surface area (Å²) < 4.78 is 47.3. The molecule has 0 fully saturated rings. The molecule has 0 amide bonds. The van der Waals surface area contributed by atoms with Gasteiger partial charge in [0.05, 0.1) is 0 Å². The first-order chi connectivity index (χ1) is 6.73. The van der Waals surface area contributed by atoms with Gasteiger partial charge in [-0.2, -0.15) is 0 Å². The lowest BCUT2D eigenvalue weighted by Gasteiger charge is -2.09. The number of alkyl halides is 2. The van der Waals surface area contributed by atoms with Crippen LogP contribution in [-0.2, 0) is 10.0 Å². The van der Waals surface area contributed by atoms with E-state index in [1.807, 2.05) is 0 Å². The average molecular weight is 348 g/mol. The van der Waals surface area contributed by atoms with Crippen molar-refractivity contribution < 1.29 is 17.2 Å². The number of nitrogens with two attached hydrogens (primary N) is 1. The molecule has 0 radical (unpaired) electrons. The van der Waals surface area contributed by atoms with Gasteiger partial charge in [0.15, 0.2) is 0 Å². The van der Waals surface area contributed by atoms with Gasteiger partial charge in [-0.05, 0) is 35.6 Å². The van der Waals surface area contributed by atoms with Crippen LogP contribution >= 0.6 is 22.6 Å². The second kappa shape index (κ2) is 4.26. The summed E-state index contributed by atoms with van der Waals surface area (Å²) in [5.41, 5.74) is -0.281. The van der Waals surface area contributed by atoms with Gasteiger partial charge in [0.25, 0.3) is 6.43 Å². The quantitative estimate of drug-likeness (QED) is 0.652. The van der Waals surface area contributed by atoms with Gasteiger partial charge < -0.3 is 0 Å². The molecule has 4 nitrogen and oxygen atoms in total. The van der Waals surface area contributed by atoms with Crippen molar-refractivity contribution in [1.29, 1.82) is 0 Å². The lowest BCUT2D eigenvalue weighted by atomic mass is 10.2. The lowest BCUT2D eigenvalue weighted by molar-refractivity contribution is 0.147. The Labute approximate surface area is 99.1 Å². The Morgan fingerprint density at radius 1 is 1.53 bits per heavy atom. The molecule has 0 unspecified atom stereocenters. The van der Waals surface area contributed by atoms with Crippen LogP contribution in [0, 0.1) is 10.6 Å². The molecule has 0 saturated carbocycles. The number of nitrogens with zero attached hydrogens (tertiary/aromatic N) is 1. The normalized spacial score (nSPS) is 12.1. The van der Waals surface area contributed by atoms with Gasteiger partial charge in [0, 0.05) is 11.3 Å². The summed E-state index contributed by atoms with van der Waals surface area (Å²) in [6.07, 6.45) is -2.89. The first-order valence-electron chi connectivity index (χ1n) is 3.71. The predicted molar refractivity (Wildman–Crippen MR) is 58.0 cm³/mol. The Kier molecular flexibility index (Phi) is 3.61. The highest BCUT2D eigenvalue weighted by atomic mass is 127. The molecule has 1 rings (SSSR count). The summed E-state index contributed by atoms with van der Waals surface area (Å²) in [4.78, 5) is 3.18. The Bertz CT molecular complexity index is 490. The van der Waals surface area contributed by atoms with E-state index in [0.29, 0.717) is 5.69 Å². The molecule has 0 aliphatic carbocycles. The van der Waals surface area contributed by atoms with Crippen LogP contribution in [0.25, 0.3) is 0 Å². The number of halogens is 3. The van der Waals surface area contributed by atoms with E-state index in [-0.39, 0.29) is 3.70 Å². The molecule has 0 saturated heterocycles. The van der Waals surface area contributed by atoms with Crippen LogP contribution in [-0.4, -0.2) is 13.4 Å². The van der Waals surface area contributed by atoms with Crippen molar-refractivity contribution in [2.75, 3.05) is 0 Å². The van der Waals surface area contributed by atoms with E-state index in [1.54, 1.807) is 22.6 Å². The van der Waals surface area contributed by atoms with Crippen LogP contribution < -0.4 is 5.14 Å². The van der Waals surface area contributed by atoms with Crippen molar-refractivity contribution in [1.82, 2.24) is 4.98 Å². The Hall–Kier alpha value is -0.350. The Morgan fingerprint density at radius 2 is 2.07 bits per heavy atom. The first kappa shape index (κ1) is 12.7. The summed E-state index contributed by atoms with van der Waals surface area (Å²) in [7, 11) is -4.18.